The zero-order valence-electron chi connectivity index (χ0n) is 23.6. The van der Waals surface area contributed by atoms with E-state index in [1.165, 1.54) is 11.9 Å². The van der Waals surface area contributed by atoms with Gasteiger partial charge in [-0.2, -0.15) is 0 Å². The van der Waals surface area contributed by atoms with Crippen LogP contribution in [-0.4, -0.2) is 64.0 Å². The second kappa shape index (κ2) is 15.1. The number of nitrogens with one attached hydrogen (secondary N) is 2. The normalized spacial score (nSPS) is 15.3. The average Bonchev–Trinajstić information content (AvgIpc) is 2.95. The molecule has 0 bridgehead atoms. The number of anilines is 1. The van der Waals surface area contributed by atoms with Crippen molar-refractivity contribution in [2.45, 2.75) is 40.2 Å². The molecule has 1 atom stereocenters. The van der Waals surface area contributed by atoms with Crippen LogP contribution in [0.4, 0.5) is 10.1 Å². The van der Waals surface area contributed by atoms with Crippen LogP contribution in [0.3, 0.4) is 0 Å². The molecule has 3 heterocycles. The number of halogens is 1. The number of hydrogen-bond donors (Lipinski definition) is 2. The van der Waals surface area contributed by atoms with Gasteiger partial charge in [-0.05, 0) is 63.1 Å². The van der Waals surface area contributed by atoms with Crippen molar-refractivity contribution >= 4 is 17.3 Å². The molecule has 1 aliphatic heterocycles. The number of aromatic amines is 1. The Hall–Kier alpha value is -3.62. The van der Waals surface area contributed by atoms with E-state index in [1.54, 1.807) is 24.5 Å². The molecule has 208 valence electrons. The van der Waals surface area contributed by atoms with E-state index in [0.717, 1.165) is 68.7 Å². The van der Waals surface area contributed by atoms with Gasteiger partial charge in [0.1, 0.15) is 12.1 Å². The van der Waals surface area contributed by atoms with E-state index >= 15 is 0 Å². The summed E-state index contributed by atoms with van der Waals surface area (Å²) < 4.78 is 14.9. The lowest BCUT2D eigenvalue weighted by Gasteiger charge is -2.34. The number of piperazine rings is 1. The molecule has 0 saturated carbocycles. The predicted octanol–water partition coefficient (Wildman–Crippen LogP) is 5.41. The van der Waals surface area contributed by atoms with E-state index in [9.17, 15) is 9.18 Å². The highest BCUT2D eigenvalue weighted by Gasteiger charge is 2.19. The summed E-state index contributed by atoms with van der Waals surface area (Å²) in [6.45, 7) is 17.9. The van der Waals surface area contributed by atoms with Gasteiger partial charge in [-0.1, -0.05) is 25.1 Å². The van der Waals surface area contributed by atoms with Gasteiger partial charge < -0.3 is 20.1 Å². The number of allylic oxidation sites excluding steroid dienone is 2. The van der Waals surface area contributed by atoms with Gasteiger partial charge in [-0.3, -0.25) is 4.79 Å². The van der Waals surface area contributed by atoms with Crippen LogP contribution in [0.1, 0.15) is 56.0 Å². The number of likely N-dealkylation sites (N-methyl/N-ethyl adjacent to an activating group) is 1. The van der Waals surface area contributed by atoms with Gasteiger partial charge in [0.25, 0.3) is 5.56 Å². The number of hydrogen-bond acceptors (Lipinski definition) is 6. The van der Waals surface area contributed by atoms with Crippen LogP contribution < -0.4 is 10.9 Å². The van der Waals surface area contributed by atoms with Crippen molar-refractivity contribution in [3.8, 4) is 0 Å². The Morgan fingerprint density at radius 2 is 1.77 bits per heavy atom. The molecule has 1 unspecified atom stereocenters. The molecular formula is C31H41FN6O. The molecule has 1 fully saturated rings. The minimum atomic E-state index is -0.482. The lowest BCUT2D eigenvalue weighted by atomic mass is 9.99. The fraction of sp³-hybridized carbons (Fsp3) is 0.387. The molecular weight excluding hydrogens is 491 g/mol. The standard InChI is InChI=1S/C28H35FN6O.C3H6/c1-4-34-11-13-35(14-12-34)10-9-22-5-7-24(8-6-22)33-21(3)27-25(26(29)18-32-28(27)36)15-20(2)23-16-30-19-31-17-23;1-3-2/h5-8,15-19,21,33H,4,9-14H2,1-3H3,(H,32,36);3H,1H2,2H3/b20-15+;. The molecule has 0 aliphatic carbocycles. The number of aromatic nitrogens is 3. The predicted molar refractivity (Wildman–Crippen MR) is 159 cm³/mol. The number of benzene rings is 1. The summed E-state index contributed by atoms with van der Waals surface area (Å²) in [6.07, 6.45) is 10.3. The average molecular weight is 533 g/mol. The quantitative estimate of drug-likeness (QED) is 0.359. The van der Waals surface area contributed by atoms with Crippen molar-refractivity contribution in [3.05, 3.63) is 100 Å². The van der Waals surface area contributed by atoms with Crippen molar-refractivity contribution in [1.29, 1.82) is 0 Å². The van der Waals surface area contributed by atoms with Crippen LogP contribution in [0.15, 0.2) is 66.6 Å². The van der Waals surface area contributed by atoms with Crippen LogP contribution in [0.25, 0.3) is 11.6 Å². The molecule has 1 aliphatic rings. The minimum Gasteiger partial charge on any atom is -0.378 e. The van der Waals surface area contributed by atoms with E-state index < -0.39 is 11.9 Å². The first-order chi connectivity index (χ1) is 18.9. The van der Waals surface area contributed by atoms with Gasteiger partial charge in [0.15, 0.2) is 0 Å². The van der Waals surface area contributed by atoms with Crippen molar-refractivity contribution in [2.75, 3.05) is 44.6 Å². The maximum absolute atomic E-state index is 14.9. The molecule has 4 rings (SSSR count). The second-order valence-corrected chi connectivity index (χ2v) is 9.74. The van der Waals surface area contributed by atoms with Crippen LogP contribution in [0.2, 0.25) is 0 Å². The first-order valence-corrected chi connectivity index (χ1v) is 13.6. The summed E-state index contributed by atoms with van der Waals surface area (Å²) >= 11 is 0. The molecule has 0 amide bonds. The Labute approximate surface area is 231 Å². The highest BCUT2D eigenvalue weighted by Crippen LogP contribution is 2.25. The lowest BCUT2D eigenvalue weighted by Crippen LogP contribution is -2.46. The van der Waals surface area contributed by atoms with Crippen molar-refractivity contribution < 1.29 is 4.39 Å². The number of rotatable bonds is 9. The first-order valence-electron chi connectivity index (χ1n) is 13.6. The zero-order chi connectivity index (χ0) is 28.2. The Morgan fingerprint density at radius 3 is 2.38 bits per heavy atom. The van der Waals surface area contributed by atoms with Crippen molar-refractivity contribution in [2.24, 2.45) is 0 Å². The third kappa shape index (κ3) is 8.70. The Kier molecular flexibility index (Phi) is 11.6. The summed E-state index contributed by atoms with van der Waals surface area (Å²) in [7, 11) is 0. The Morgan fingerprint density at radius 1 is 1.15 bits per heavy atom. The van der Waals surface area contributed by atoms with E-state index in [4.69, 9.17) is 0 Å². The summed E-state index contributed by atoms with van der Waals surface area (Å²) in [6, 6.07) is 7.88. The van der Waals surface area contributed by atoms with Crippen LogP contribution in [0, 0.1) is 5.82 Å². The largest absolute Gasteiger partial charge is 0.378 e. The third-order valence-electron chi connectivity index (χ3n) is 6.90. The highest BCUT2D eigenvalue weighted by atomic mass is 19.1. The van der Waals surface area contributed by atoms with Crippen molar-refractivity contribution in [3.63, 3.8) is 0 Å². The van der Waals surface area contributed by atoms with Gasteiger partial charge in [0.05, 0.1) is 6.04 Å². The van der Waals surface area contributed by atoms with Gasteiger partial charge in [-0.25, -0.2) is 14.4 Å². The van der Waals surface area contributed by atoms with Gasteiger partial charge in [-0.15, -0.1) is 6.58 Å². The summed E-state index contributed by atoms with van der Waals surface area (Å²) in [4.78, 5) is 28.3. The fourth-order valence-corrected chi connectivity index (χ4v) is 4.62. The molecule has 1 aromatic carbocycles. The second-order valence-electron chi connectivity index (χ2n) is 9.74. The number of H-pyrrole nitrogens is 1. The fourth-order valence-electron chi connectivity index (χ4n) is 4.62. The molecule has 3 aromatic rings. The first kappa shape index (κ1) is 29.9. The zero-order valence-corrected chi connectivity index (χ0v) is 23.6. The highest BCUT2D eigenvalue weighted by molar-refractivity contribution is 5.80. The molecule has 0 spiro atoms. The van der Waals surface area contributed by atoms with Crippen LogP contribution >= 0.6 is 0 Å². The molecule has 7 nitrogen and oxygen atoms in total. The maximum atomic E-state index is 14.9. The van der Waals surface area contributed by atoms with E-state index in [-0.39, 0.29) is 11.1 Å². The third-order valence-corrected chi connectivity index (χ3v) is 6.90. The molecule has 8 heteroatoms. The maximum Gasteiger partial charge on any atom is 0.254 e. The molecule has 1 saturated heterocycles. The Balaban J connectivity index is 0.00000134. The lowest BCUT2D eigenvalue weighted by molar-refractivity contribution is 0.138. The van der Waals surface area contributed by atoms with Gasteiger partial charge in [0.2, 0.25) is 0 Å². The summed E-state index contributed by atoms with van der Waals surface area (Å²) in [5.41, 5.74) is 4.00. The molecule has 39 heavy (non-hydrogen) atoms. The topological polar surface area (TPSA) is 77.2 Å². The minimum absolute atomic E-state index is 0.264. The van der Waals surface area contributed by atoms with E-state index in [1.807, 2.05) is 32.9 Å². The van der Waals surface area contributed by atoms with E-state index in [0.29, 0.717) is 5.56 Å². The molecule has 2 aromatic heterocycles. The monoisotopic (exact) mass is 532 g/mol. The summed E-state index contributed by atoms with van der Waals surface area (Å²) in [5.74, 6) is -0.482. The Bertz CT molecular complexity index is 1260. The number of pyridine rings is 1. The molecule has 2 N–H and O–H groups in total. The summed E-state index contributed by atoms with van der Waals surface area (Å²) in [5, 5.41) is 3.37. The molecule has 0 radical (unpaired) electrons. The van der Waals surface area contributed by atoms with E-state index in [2.05, 4.69) is 55.7 Å². The van der Waals surface area contributed by atoms with Gasteiger partial charge in [0, 0.05) is 73.7 Å². The van der Waals surface area contributed by atoms with Crippen molar-refractivity contribution in [1.82, 2.24) is 24.8 Å². The van der Waals surface area contributed by atoms with Crippen LogP contribution in [0.5, 0.6) is 0 Å². The SMILES string of the molecule is C=CC.CCN1CCN(CCc2ccc(NC(C)c3c(/C=C(\C)c4cncnc4)c(F)c[nH]c3=O)cc2)CC1. The van der Waals surface area contributed by atoms with Gasteiger partial charge >= 0.3 is 0 Å². The van der Waals surface area contributed by atoms with Crippen LogP contribution in [-0.2, 0) is 6.42 Å². The smallest absolute Gasteiger partial charge is 0.254 e. The number of nitrogens with zero attached hydrogens (tertiary/aromatic N) is 4.